The van der Waals surface area contributed by atoms with Crippen LogP contribution < -0.4 is 10.1 Å². The summed E-state index contributed by atoms with van der Waals surface area (Å²) in [5.74, 6) is -2.65. The lowest BCUT2D eigenvalue weighted by molar-refractivity contribution is -0.184. The third kappa shape index (κ3) is 6.64. The molecule has 8 heteroatoms. The fraction of sp³-hybridized carbons (Fsp3) is 0.538. The first-order chi connectivity index (χ1) is 15.8. The van der Waals surface area contributed by atoms with E-state index in [0.717, 1.165) is 5.39 Å². The maximum atomic E-state index is 13.1. The van der Waals surface area contributed by atoms with Gasteiger partial charge in [-0.05, 0) is 54.9 Å². The zero-order chi connectivity index (χ0) is 25.1. The molecule has 2 aromatic rings. The van der Waals surface area contributed by atoms with Gasteiger partial charge in [-0.1, -0.05) is 51.1 Å². The summed E-state index contributed by atoms with van der Waals surface area (Å²) in [6.07, 6.45) is -2.95. The van der Waals surface area contributed by atoms with E-state index < -0.39 is 30.0 Å². The summed E-state index contributed by atoms with van der Waals surface area (Å²) in [6, 6.07) is 9.65. The van der Waals surface area contributed by atoms with Crippen LogP contribution in [0.3, 0.4) is 0 Å². The van der Waals surface area contributed by atoms with Gasteiger partial charge < -0.3 is 15.2 Å². The molecule has 3 rings (SSSR count). The molecule has 2 aromatic carbocycles. The Morgan fingerprint density at radius 2 is 1.71 bits per heavy atom. The van der Waals surface area contributed by atoms with Crippen molar-refractivity contribution in [3.8, 4) is 5.75 Å². The van der Waals surface area contributed by atoms with Crippen LogP contribution in [0, 0.1) is 17.3 Å². The van der Waals surface area contributed by atoms with Crippen LogP contribution >= 0.6 is 0 Å². The Hall–Kier alpha value is -2.77. The molecule has 0 spiro atoms. The zero-order valence-electron chi connectivity index (χ0n) is 19.7. The molecule has 0 saturated heterocycles. The summed E-state index contributed by atoms with van der Waals surface area (Å²) < 4.78 is 45.0. The van der Waals surface area contributed by atoms with Crippen molar-refractivity contribution in [2.75, 3.05) is 6.61 Å². The highest BCUT2D eigenvalue weighted by molar-refractivity contribution is 6.04. The molecule has 186 valence electrons. The highest BCUT2D eigenvalue weighted by atomic mass is 19.4. The number of amides is 1. The molecule has 2 N–H and O–H groups in total. The lowest BCUT2D eigenvalue weighted by Crippen LogP contribution is -2.43. The van der Waals surface area contributed by atoms with Crippen LogP contribution in [0.1, 0.15) is 63.2 Å². The van der Waals surface area contributed by atoms with Crippen molar-refractivity contribution in [1.82, 2.24) is 5.32 Å². The Bertz CT molecular complexity index is 1020. The molecule has 0 heterocycles. The maximum Gasteiger partial charge on any atom is 0.391 e. The number of carbonyl (C=O) groups excluding carboxylic acids is 1. The number of carbonyl (C=O) groups is 2. The monoisotopic (exact) mass is 479 g/mol. The van der Waals surface area contributed by atoms with Crippen LogP contribution in [0.15, 0.2) is 36.4 Å². The summed E-state index contributed by atoms with van der Waals surface area (Å²) in [5.41, 5.74) is -0.100. The van der Waals surface area contributed by atoms with Crippen molar-refractivity contribution >= 4 is 22.6 Å². The third-order valence-electron chi connectivity index (χ3n) is 6.32. The number of hydrogen-bond acceptors (Lipinski definition) is 3. The summed E-state index contributed by atoms with van der Waals surface area (Å²) in [7, 11) is 0. The van der Waals surface area contributed by atoms with E-state index in [2.05, 4.69) is 5.32 Å². The molecule has 1 saturated carbocycles. The molecular formula is C26H32F3NO4. The number of aliphatic carboxylic acids is 1. The predicted octanol–water partition coefficient (Wildman–Crippen LogP) is 6.21. The predicted molar refractivity (Wildman–Crippen MR) is 124 cm³/mol. The van der Waals surface area contributed by atoms with Crippen LogP contribution in [0.25, 0.3) is 10.8 Å². The van der Waals surface area contributed by atoms with E-state index in [9.17, 15) is 27.9 Å². The van der Waals surface area contributed by atoms with Crippen molar-refractivity contribution in [3.05, 3.63) is 42.0 Å². The van der Waals surface area contributed by atoms with Gasteiger partial charge in [0.05, 0.1) is 18.1 Å². The quantitative estimate of drug-likeness (QED) is 0.495. The van der Waals surface area contributed by atoms with Crippen molar-refractivity contribution in [3.63, 3.8) is 0 Å². The highest BCUT2D eigenvalue weighted by Crippen LogP contribution is 2.40. The number of hydrogen-bond donors (Lipinski definition) is 2. The van der Waals surface area contributed by atoms with Gasteiger partial charge in [0.1, 0.15) is 11.8 Å². The Labute approximate surface area is 197 Å². The summed E-state index contributed by atoms with van der Waals surface area (Å²) in [5, 5.41) is 13.8. The van der Waals surface area contributed by atoms with Crippen LogP contribution in [-0.4, -0.2) is 35.8 Å². The van der Waals surface area contributed by atoms with Gasteiger partial charge in [-0.25, -0.2) is 4.79 Å². The number of benzene rings is 2. The molecule has 1 fully saturated rings. The number of alkyl halides is 3. The molecule has 0 bridgehead atoms. The molecular weight excluding hydrogens is 447 g/mol. The van der Waals surface area contributed by atoms with Gasteiger partial charge in [-0.3, -0.25) is 4.79 Å². The fourth-order valence-electron chi connectivity index (χ4n) is 4.48. The number of carboxylic acids is 1. The Morgan fingerprint density at radius 3 is 2.29 bits per heavy atom. The second kappa shape index (κ2) is 10.2. The van der Waals surface area contributed by atoms with E-state index in [1.807, 2.05) is 45.0 Å². The van der Waals surface area contributed by atoms with Gasteiger partial charge in [0.25, 0.3) is 5.91 Å². The Kier molecular flexibility index (Phi) is 7.78. The van der Waals surface area contributed by atoms with E-state index in [4.69, 9.17) is 4.74 Å². The Balaban J connectivity index is 1.80. The van der Waals surface area contributed by atoms with E-state index >= 15 is 0 Å². The van der Waals surface area contributed by atoms with Crippen molar-refractivity contribution in [1.29, 1.82) is 0 Å². The van der Waals surface area contributed by atoms with Gasteiger partial charge >= 0.3 is 12.1 Å². The zero-order valence-corrected chi connectivity index (χ0v) is 19.7. The second-order valence-electron chi connectivity index (χ2n) is 10.4. The molecule has 1 aliphatic rings. The molecule has 0 unspecified atom stereocenters. The molecule has 0 aliphatic heterocycles. The minimum Gasteiger partial charge on any atom is -0.492 e. The topological polar surface area (TPSA) is 75.6 Å². The molecule has 0 aromatic heterocycles. The average molecular weight is 480 g/mol. The van der Waals surface area contributed by atoms with Gasteiger partial charge in [-0.2, -0.15) is 13.2 Å². The van der Waals surface area contributed by atoms with E-state index in [1.165, 1.54) is 0 Å². The van der Waals surface area contributed by atoms with Crippen molar-refractivity contribution in [2.24, 2.45) is 17.3 Å². The molecule has 34 heavy (non-hydrogen) atoms. The first kappa shape index (κ1) is 25.8. The van der Waals surface area contributed by atoms with Gasteiger partial charge in [0.15, 0.2) is 0 Å². The normalized spacial score (nSPS) is 20.1. The minimum atomic E-state index is -4.17. The highest BCUT2D eigenvalue weighted by Gasteiger charge is 2.41. The number of carboxylic acid groups (broad SMARTS) is 1. The fourth-order valence-corrected chi connectivity index (χ4v) is 4.48. The van der Waals surface area contributed by atoms with Crippen molar-refractivity contribution in [2.45, 2.75) is 65.1 Å². The molecule has 1 aliphatic carbocycles. The minimum absolute atomic E-state index is 0.0406. The lowest BCUT2D eigenvalue weighted by Gasteiger charge is -2.30. The van der Waals surface area contributed by atoms with Crippen LogP contribution in [-0.2, 0) is 4.79 Å². The largest absolute Gasteiger partial charge is 0.492 e. The second-order valence-corrected chi connectivity index (χ2v) is 10.4. The number of halogens is 3. The molecule has 1 amide bonds. The number of fused-ring (bicyclic) bond motifs is 1. The summed E-state index contributed by atoms with van der Waals surface area (Å²) >= 11 is 0. The van der Waals surface area contributed by atoms with E-state index in [-0.39, 0.29) is 42.8 Å². The summed E-state index contributed by atoms with van der Waals surface area (Å²) in [4.78, 5) is 24.9. The lowest BCUT2D eigenvalue weighted by atomic mass is 9.82. The standard InChI is InChI=1S/C26H32F3NO4/c1-25(2,3)14-21(24(32)33)30-23(31)20-13-10-17-6-4-5-7-19(17)22(20)34-15-16-8-11-18(12-9-16)26(27,28)29/h4-7,10,13,16,18,21H,8-9,11-12,14-15H2,1-3H3,(H,30,31)(H,32,33)/t16?,18?,21-/m0/s1. The van der Waals surface area contributed by atoms with Crippen molar-refractivity contribution < 1.29 is 32.6 Å². The molecule has 0 radical (unpaired) electrons. The van der Waals surface area contributed by atoms with Crippen LogP contribution in [0.4, 0.5) is 13.2 Å². The third-order valence-corrected chi connectivity index (χ3v) is 6.32. The SMILES string of the molecule is CC(C)(C)C[C@H](NC(=O)c1ccc2ccccc2c1OCC1CCC(C(F)(F)F)CC1)C(=O)O. The molecule has 1 atom stereocenters. The van der Waals surface area contributed by atoms with Crippen LogP contribution in [0.5, 0.6) is 5.75 Å². The number of nitrogens with one attached hydrogen (secondary N) is 1. The first-order valence-electron chi connectivity index (χ1n) is 11.6. The smallest absolute Gasteiger partial charge is 0.391 e. The van der Waals surface area contributed by atoms with E-state index in [0.29, 0.717) is 24.0 Å². The molecule has 5 nitrogen and oxygen atoms in total. The number of rotatable bonds is 7. The average Bonchev–Trinajstić information content (AvgIpc) is 2.75. The van der Waals surface area contributed by atoms with Gasteiger partial charge in [0.2, 0.25) is 0 Å². The van der Waals surface area contributed by atoms with Gasteiger partial charge in [-0.15, -0.1) is 0 Å². The first-order valence-corrected chi connectivity index (χ1v) is 11.6. The number of ether oxygens (including phenoxy) is 1. The van der Waals surface area contributed by atoms with E-state index in [1.54, 1.807) is 12.1 Å². The summed E-state index contributed by atoms with van der Waals surface area (Å²) in [6.45, 7) is 5.89. The van der Waals surface area contributed by atoms with Gasteiger partial charge in [0, 0.05) is 5.39 Å². The van der Waals surface area contributed by atoms with Crippen LogP contribution in [0.2, 0.25) is 0 Å². The Morgan fingerprint density at radius 1 is 1.06 bits per heavy atom. The maximum absolute atomic E-state index is 13.1.